The second-order valence-electron chi connectivity index (χ2n) is 4.46. The van der Waals surface area contributed by atoms with Gasteiger partial charge in [0.2, 0.25) is 5.88 Å². The van der Waals surface area contributed by atoms with Gasteiger partial charge in [-0.25, -0.2) is 9.37 Å². The van der Waals surface area contributed by atoms with Gasteiger partial charge in [0.15, 0.2) is 0 Å². The van der Waals surface area contributed by atoms with E-state index in [0.717, 1.165) is 15.4 Å². The van der Waals surface area contributed by atoms with Crippen molar-refractivity contribution in [3.05, 3.63) is 52.5 Å². The Morgan fingerprint density at radius 1 is 1.39 bits per heavy atom. The molecule has 0 aliphatic rings. The summed E-state index contributed by atoms with van der Waals surface area (Å²) in [5.41, 5.74) is 1.10. The Bertz CT molecular complexity index is 871. The fourth-order valence-corrected chi connectivity index (χ4v) is 2.92. The highest BCUT2D eigenvalue weighted by atomic mass is 127. The monoisotopic (exact) mass is 507 g/mol. The fraction of sp³-hybridized carbons (Fsp3) is 0.0667. The standard InChI is InChI=1S/C15H11BrFN3OS.HI/c1-22-14(18)10-6-8(2-3-11(10)17)21-15-13(16)9-4-5-19-12(9)7-20-15;/h2-7,18-19H,1H3;1H. The summed E-state index contributed by atoms with van der Waals surface area (Å²) in [6.07, 6.45) is 5.22. The molecule has 2 aromatic heterocycles. The first-order valence-electron chi connectivity index (χ1n) is 6.32. The van der Waals surface area contributed by atoms with Gasteiger partial charge in [-0.3, -0.25) is 5.41 Å². The van der Waals surface area contributed by atoms with E-state index in [9.17, 15) is 4.39 Å². The minimum atomic E-state index is -0.445. The van der Waals surface area contributed by atoms with Crippen LogP contribution in [0.5, 0.6) is 11.6 Å². The molecule has 2 N–H and O–H groups in total. The first kappa shape index (κ1) is 18.2. The van der Waals surface area contributed by atoms with E-state index in [0.29, 0.717) is 11.6 Å². The number of ether oxygens (including phenoxy) is 1. The second-order valence-corrected chi connectivity index (χ2v) is 6.07. The van der Waals surface area contributed by atoms with Crippen molar-refractivity contribution in [2.75, 3.05) is 6.26 Å². The maximum Gasteiger partial charge on any atom is 0.234 e. The molecule has 0 radical (unpaired) electrons. The highest BCUT2D eigenvalue weighted by molar-refractivity contribution is 14.0. The summed E-state index contributed by atoms with van der Waals surface area (Å²) < 4.78 is 20.2. The normalized spacial score (nSPS) is 10.4. The number of halogens is 3. The topological polar surface area (TPSA) is 61.8 Å². The lowest BCUT2D eigenvalue weighted by atomic mass is 10.2. The van der Waals surface area contributed by atoms with Gasteiger partial charge in [-0.15, -0.1) is 35.7 Å². The number of hydrogen-bond donors (Lipinski definition) is 2. The number of nitrogens with zero attached hydrogens (tertiary/aromatic N) is 1. The molecular weight excluding hydrogens is 496 g/mol. The number of pyridine rings is 1. The van der Waals surface area contributed by atoms with Gasteiger partial charge in [-0.2, -0.15) is 0 Å². The summed E-state index contributed by atoms with van der Waals surface area (Å²) >= 11 is 4.64. The van der Waals surface area contributed by atoms with Crippen molar-refractivity contribution in [3.8, 4) is 11.6 Å². The van der Waals surface area contributed by atoms with Crippen LogP contribution >= 0.6 is 51.7 Å². The van der Waals surface area contributed by atoms with Gasteiger partial charge in [0.1, 0.15) is 11.6 Å². The van der Waals surface area contributed by atoms with E-state index in [2.05, 4.69) is 25.9 Å². The minimum Gasteiger partial charge on any atom is -0.438 e. The Kier molecular flexibility index (Phi) is 6.04. The number of rotatable bonds is 3. The van der Waals surface area contributed by atoms with Crippen LogP contribution in [0.25, 0.3) is 10.9 Å². The van der Waals surface area contributed by atoms with Crippen LogP contribution in [0.3, 0.4) is 0 Å². The van der Waals surface area contributed by atoms with Crippen LogP contribution in [0.4, 0.5) is 4.39 Å². The molecule has 0 saturated carbocycles. The zero-order valence-electron chi connectivity index (χ0n) is 11.9. The van der Waals surface area contributed by atoms with Crippen molar-refractivity contribution < 1.29 is 9.13 Å². The summed E-state index contributed by atoms with van der Waals surface area (Å²) in [4.78, 5) is 7.30. The molecular formula is C15H12BrFIN3OS. The van der Waals surface area contributed by atoms with Crippen LogP contribution in [0.2, 0.25) is 0 Å². The van der Waals surface area contributed by atoms with Crippen LogP contribution in [0, 0.1) is 11.2 Å². The summed E-state index contributed by atoms with van der Waals surface area (Å²) in [6, 6.07) is 6.22. The van der Waals surface area contributed by atoms with Crippen molar-refractivity contribution in [2.24, 2.45) is 0 Å². The molecule has 0 saturated heterocycles. The van der Waals surface area contributed by atoms with Gasteiger partial charge < -0.3 is 9.72 Å². The van der Waals surface area contributed by atoms with Crippen LogP contribution in [0.1, 0.15) is 5.56 Å². The number of hydrogen-bond acceptors (Lipinski definition) is 4. The average molecular weight is 508 g/mol. The molecule has 0 fully saturated rings. The van der Waals surface area contributed by atoms with E-state index in [4.69, 9.17) is 10.1 Å². The maximum atomic E-state index is 13.8. The van der Waals surface area contributed by atoms with E-state index >= 15 is 0 Å². The molecule has 1 aromatic carbocycles. The van der Waals surface area contributed by atoms with Crippen molar-refractivity contribution in [3.63, 3.8) is 0 Å². The Balaban J connectivity index is 0.00000192. The number of thioether (sulfide) groups is 1. The lowest BCUT2D eigenvalue weighted by Gasteiger charge is -2.09. The fourth-order valence-electron chi connectivity index (χ4n) is 2.01. The summed E-state index contributed by atoms with van der Waals surface area (Å²) in [5.74, 6) is 0.374. The molecule has 120 valence electrons. The second kappa shape index (κ2) is 7.63. The van der Waals surface area contributed by atoms with Crippen LogP contribution in [0.15, 0.2) is 41.1 Å². The molecule has 3 aromatic rings. The van der Waals surface area contributed by atoms with E-state index in [-0.39, 0.29) is 34.6 Å². The van der Waals surface area contributed by atoms with E-state index < -0.39 is 5.82 Å². The smallest absolute Gasteiger partial charge is 0.234 e. The maximum absolute atomic E-state index is 13.8. The summed E-state index contributed by atoms with van der Waals surface area (Å²) in [5, 5.41) is 8.86. The van der Waals surface area contributed by atoms with Gasteiger partial charge in [0, 0.05) is 17.1 Å². The molecule has 2 heterocycles. The largest absolute Gasteiger partial charge is 0.438 e. The third-order valence-corrected chi connectivity index (χ3v) is 4.51. The number of aromatic nitrogens is 2. The molecule has 0 spiro atoms. The lowest BCUT2D eigenvalue weighted by molar-refractivity contribution is 0.459. The predicted molar refractivity (Wildman–Crippen MR) is 106 cm³/mol. The van der Waals surface area contributed by atoms with Crippen molar-refractivity contribution in [1.29, 1.82) is 5.41 Å². The van der Waals surface area contributed by atoms with Gasteiger partial charge >= 0.3 is 0 Å². The quantitative estimate of drug-likeness (QED) is 0.277. The Morgan fingerprint density at radius 3 is 2.91 bits per heavy atom. The molecule has 0 amide bonds. The third kappa shape index (κ3) is 3.69. The number of fused-ring (bicyclic) bond motifs is 1. The van der Waals surface area contributed by atoms with Gasteiger partial charge in [-0.05, 0) is 46.5 Å². The Morgan fingerprint density at radius 2 is 2.17 bits per heavy atom. The van der Waals surface area contributed by atoms with E-state index in [1.807, 2.05) is 12.3 Å². The summed E-state index contributed by atoms with van der Waals surface area (Å²) in [7, 11) is 0. The molecule has 0 aliphatic carbocycles. The first-order chi connectivity index (χ1) is 10.6. The molecule has 0 aliphatic heterocycles. The lowest BCUT2D eigenvalue weighted by Crippen LogP contribution is -1.98. The zero-order valence-corrected chi connectivity index (χ0v) is 16.6. The molecule has 8 heteroatoms. The SMILES string of the molecule is CSC(=N)c1cc(Oc2ncc3[nH]ccc3c2Br)ccc1F.I. The molecule has 0 bridgehead atoms. The van der Waals surface area contributed by atoms with Gasteiger partial charge in [-0.1, -0.05) is 0 Å². The molecule has 3 rings (SSSR count). The highest BCUT2D eigenvalue weighted by Crippen LogP contribution is 2.34. The van der Waals surface area contributed by atoms with Gasteiger partial charge in [0.05, 0.1) is 21.2 Å². The van der Waals surface area contributed by atoms with Crippen molar-refractivity contribution >= 4 is 67.6 Å². The van der Waals surface area contributed by atoms with Crippen molar-refractivity contribution in [1.82, 2.24) is 9.97 Å². The Labute approximate surface area is 161 Å². The molecule has 0 atom stereocenters. The molecule has 0 unspecified atom stereocenters. The van der Waals surface area contributed by atoms with E-state index in [1.54, 1.807) is 12.5 Å². The van der Waals surface area contributed by atoms with Crippen molar-refractivity contribution in [2.45, 2.75) is 0 Å². The molecule has 23 heavy (non-hydrogen) atoms. The number of nitrogens with one attached hydrogen (secondary N) is 2. The third-order valence-electron chi connectivity index (χ3n) is 3.12. The van der Waals surface area contributed by atoms with Crippen LogP contribution in [-0.4, -0.2) is 21.3 Å². The number of benzene rings is 1. The van der Waals surface area contributed by atoms with Crippen LogP contribution < -0.4 is 4.74 Å². The van der Waals surface area contributed by atoms with Gasteiger partial charge in [0.25, 0.3) is 0 Å². The summed E-state index contributed by atoms with van der Waals surface area (Å²) in [6.45, 7) is 0. The Hall–Kier alpha value is -1.13. The average Bonchev–Trinajstić information content (AvgIpc) is 3.00. The number of aromatic amines is 1. The van der Waals surface area contributed by atoms with Crippen LogP contribution in [-0.2, 0) is 0 Å². The number of H-pyrrole nitrogens is 1. The minimum absolute atomic E-state index is 0. The predicted octanol–water partition coefficient (Wildman–Crippen LogP) is 5.56. The first-order valence-corrected chi connectivity index (χ1v) is 8.34. The highest BCUT2D eigenvalue weighted by Gasteiger charge is 2.13. The van der Waals surface area contributed by atoms with E-state index in [1.165, 1.54) is 30.0 Å². The molecule has 4 nitrogen and oxygen atoms in total. The zero-order chi connectivity index (χ0) is 15.7.